The van der Waals surface area contributed by atoms with E-state index in [0.717, 1.165) is 20.6 Å². The number of thiazole rings is 1. The number of aryl methyl sites for hydroxylation is 1. The molecule has 0 aliphatic carbocycles. The van der Waals surface area contributed by atoms with Crippen LogP contribution in [0, 0.1) is 6.92 Å². The van der Waals surface area contributed by atoms with Crippen LogP contribution in [0.5, 0.6) is 0 Å². The highest BCUT2D eigenvalue weighted by molar-refractivity contribution is 9.10. The first-order valence-electron chi connectivity index (χ1n) is 5.46. The molecule has 3 aromatic rings. The van der Waals surface area contributed by atoms with Crippen molar-refractivity contribution in [2.24, 2.45) is 0 Å². The van der Waals surface area contributed by atoms with Crippen LogP contribution in [0.3, 0.4) is 0 Å². The van der Waals surface area contributed by atoms with Gasteiger partial charge in [-0.2, -0.15) is 4.98 Å². The molecule has 1 aromatic carbocycles. The summed E-state index contributed by atoms with van der Waals surface area (Å²) in [7, 11) is 0. The van der Waals surface area contributed by atoms with Crippen molar-refractivity contribution in [3.05, 3.63) is 34.4 Å². The van der Waals surface area contributed by atoms with E-state index in [1.807, 2.05) is 31.2 Å². The van der Waals surface area contributed by atoms with Crippen LogP contribution < -0.4 is 5.73 Å². The van der Waals surface area contributed by atoms with Crippen LogP contribution in [0.15, 0.2) is 33.3 Å². The molecule has 0 fully saturated rings. The van der Waals surface area contributed by atoms with E-state index in [0.29, 0.717) is 16.8 Å². The highest BCUT2D eigenvalue weighted by Crippen LogP contribution is 2.31. The van der Waals surface area contributed by atoms with Crippen molar-refractivity contribution < 1.29 is 4.52 Å². The van der Waals surface area contributed by atoms with Crippen LogP contribution in [0.2, 0.25) is 0 Å². The molecule has 0 bridgehead atoms. The van der Waals surface area contributed by atoms with Crippen LogP contribution in [0.25, 0.3) is 22.2 Å². The average Bonchev–Trinajstić information content (AvgIpc) is 2.97. The Kier molecular flexibility index (Phi) is 3.08. The molecular weight excluding hydrogens is 328 g/mol. The zero-order chi connectivity index (χ0) is 13.4. The molecule has 0 radical (unpaired) electrons. The van der Waals surface area contributed by atoms with Crippen molar-refractivity contribution in [3.63, 3.8) is 0 Å². The Bertz CT molecular complexity index is 720. The molecule has 0 saturated heterocycles. The predicted molar refractivity (Wildman–Crippen MR) is 77.7 cm³/mol. The van der Waals surface area contributed by atoms with Crippen molar-refractivity contribution in [2.45, 2.75) is 6.92 Å². The highest BCUT2D eigenvalue weighted by atomic mass is 79.9. The first kappa shape index (κ1) is 12.3. The van der Waals surface area contributed by atoms with Crippen molar-refractivity contribution in [1.29, 1.82) is 0 Å². The van der Waals surface area contributed by atoms with Gasteiger partial charge < -0.3 is 10.3 Å². The molecule has 19 heavy (non-hydrogen) atoms. The number of benzene rings is 1. The Morgan fingerprint density at radius 1 is 1.21 bits per heavy atom. The summed E-state index contributed by atoms with van der Waals surface area (Å²) in [4.78, 5) is 9.33. The lowest BCUT2D eigenvalue weighted by Crippen LogP contribution is -1.82. The minimum absolute atomic E-state index is 0.449. The summed E-state index contributed by atoms with van der Waals surface area (Å²) in [6, 6.07) is 7.71. The molecule has 5 nitrogen and oxygen atoms in total. The minimum Gasteiger partial charge on any atom is -0.375 e. The molecule has 0 unspecified atom stereocenters. The normalized spacial score (nSPS) is 10.8. The van der Waals surface area contributed by atoms with E-state index in [2.05, 4.69) is 31.1 Å². The number of nitrogen functional groups attached to an aromatic ring is 1. The second-order valence-corrected chi connectivity index (χ2v) is 5.84. The molecule has 0 spiro atoms. The number of nitrogens with zero attached hydrogens (tertiary/aromatic N) is 3. The van der Waals surface area contributed by atoms with Crippen molar-refractivity contribution in [2.75, 3.05) is 5.73 Å². The molecule has 96 valence electrons. The van der Waals surface area contributed by atoms with E-state index >= 15 is 0 Å². The average molecular weight is 337 g/mol. The summed E-state index contributed by atoms with van der Waals surface area (Å²) in [6.07, 6.45) is 0. The summed E-state index contributed by atoms with van der Waals surface area (Å²) < 4.78 is 6.28. The van der Waals surface area contributed by atoms with Gasteiger partial charge in [0.25, 0.3) is 5.89 Å². The first-order valence-corrected chi connectivity index (χ1v) is 7.07. The Labute approximate surface area is 121 Å². The van der Waals surface area contributed by atoms with E-state index in [4.69, 9.17) is 10.3 Å². The molecule has 0 amide bonds. The lowest BCUT2D eigenvalue weighted by molar-refractivity contribution is 0.433. The van der Waals surface area contributed by atoms with Gasteiger partial charge in [0, 0.05) is 10.0 Å². The largest absolute Gasteiger partial charge is 0.375 e. The van der Waals surface area contributed by atoms with Crippen LogP contribution in [-0.4, -0.2) is 15.1 Å². The van der Waals surface area contributed by atoms with Gasteiger partial charge in [-0.15, -0.1) is 0 Å². The quantitative estimate of drug-likeness (QED) is 0.774. The maximum absolute atomic E-state index is 5.66. The molecular formula is C12H9BrN4OS. The third-order valence-corrected chi connectivity index (χ3v) is 4.04. The van der Waals surface area contributed by atoms with Gasteiger partial charge in [-0.3, -0.25) is 0 Å². The smallest absolute Gasteiger partial charge is 0.270 e. The minimum atomic E-state index is 0.449. The number of aromatic nitrogens is 3. The fourth-order valence-corrected chi connectivity index (χ4v) is 2.67. The molecule has 2 aromatic heterocycles. The van der Waals surface area contributed by atoms with Crippen molar-refractivity contribution >= 4 is 32.4 Å². The highest BCUT2D eigenvalue weighted by Gasteiger charge is 2.16. The van der Waals surface area contributed by atoms with Crippen LogP contribution in [0.1, 0.15) is 5.69 Å². The summed E-state index contributed by atoms with van der Waals surface area (Å²) >= 11 is 4.73. The number of anilines is 1. The number of hydrogen-bond acceptors (Lipinski definition) is 6. The standard InChI is InChI=1S/C12H9BrN4OS/c1-6-9(19-12(14)15-6)11-16-10(17-18-11)7-2-4-8(13)5-3-7/h2-5H,1H3,(H2,14,15). The fraction of sp³-hybridized carbons (Fsp3) is 0.0833. The van der Waals surface area contributed by atoms with Gasteiger partial charge in [0.15, 0.2) is 5.13 Å². The van der Waals surface area contributed by atoms with Crippen molar-refractivity contribution in [1.82, 2.24) is 15.1 Å². The monoisotopic (exact) mass is 336 g/mol. The lowest BCUT2D eigenvalue weighted by Gasteiger charge is -1.93. The number of hydrogen-bond donors (Lipinski definition) is 1. The Morgan fingerprint density at radius 2 is 1.95 bits per heavy atom. The van der Waals surface area contributed by atoms with Gasteiger partial charge >= 0.3 is 0 Å². The fourth-order valence-electron chi connectivity index (χ4n) is 1.65. The first-order chi connectivity index (χ1) is 9.13. The van der Waals surface area contributed by atoms with Crippen LogP contribution in [-0.2, 0) is 0 Å². The van der Waals surface area contributed by atoms with E-state index in [1.54, 1.807) is 0 Å². The summed E-state index contributed by atoms with van der Waals surface area (Å²) in [5, 5.41) is 4.48. The van der Waals surface area contributed by atoms with Crippen LogP contribution in [0.4, 0.5) is 5.13 Å². The summed E-state index contributed by atoms with van der Waals surface area (Å²) in [5.41, 5.74) is 7.36. The van der Waals surface area contributed by atoms with Gasteiger partial charge in [-0.25, -0.2) is 4.98 Å². The van der Waals surface area contributed by atoms with E-state index in [1.165, 1.54) is 11.3 Å². The van der Waals surface area contributed by atoms with Crippen LogP contribution >= 0.6 is 27.3 Å². The zero-order valence-electron chi connectivity index (χ0n) is 9.92. The van der Waals surface area contributed by atoms with E-state index in [9.17, 15) is 0 Å². The lowest BCUT2D eigenvalue weighted by atomic mass is 10.2. The summed E-state index contributed by atoms with van der Waals surface area (Å²) in [5.74, 6) is 0.999. The number of halogens is 1. The molecule has 2 N–H and O–H groups in total. The Balaban J connectivity index is 1.99. The Morgan fingerprint density at radius 3 is 2.58 bits per heavy atom. The molecule has 0 saturated carbocycles. The van der Waals surface area contributed by atoms with Gasteiger partial charge in [-0.1, -0.05) is 32.4 Å². The number of nitrogens with two attached hydrogens (primary N) is 1. The maximum atomic E-state index is 5.66. The second kappa shape index (κ2) is 4.75. The van der Waals surface area contributed by atoms with Gasteiger partial charge in [0.2, 0.25) is 5.82 Å². The molecule has 0 aliphatic rings. The van der Waals surface area contributed by atoms with E-state index < -0.39 is 0 Å². The third-order valence-electron chi connectivity index (χ3n) is 2.54. The van der Waals surface area contributed by atoms with Gasteiger partial charge in [0.05, 0.1) is 5.69 Å². The van der Waals surface area contributed by atoms with Gasteiger partial charge in [-0.05, 0) is 31.2 Å². The second-order valence-electron chi connectivity index (χ2n) is 3.90. The molecule has 0 atom stereocenters. The topological polar surface area (TPSA) is 77.8 Å². The van der Waals surface area contributed by atoms with E-state index in [-0.39, 0.29) is 0 Å². The summed E-state index contributed by atoms with van der Waals surface area (Å²) in [6.45, 7) is 1.87. The molecule has 2 heterocycles. The predicted octanol–water partition coefficient (Wildman–Crippen LogP) is 3.51. The van der Waals surface area contributed by atoms with Gasteiger partial charge in [0.1, 0.15) is 4.88 Å². The third kappa shape index (κ3) is 2.39. The van der Waals surface area contributed by atoms with Crippen molar-refractivity contribution in [3.8, 4) is 22.2 Å². The number of rotatable bonds is 2. The zero-order valence-corrected chi connectivity index (χ0v) is 12.3. The molecule has 0 aliphatic heterocycles. The Hall–Kier alpha value is -1.73. The maximum Gasteiger partial charge on any atom is 0.270 e. The molecule has 7 heteroatoms. The SMILES string of the molecule is Cc1nc(N)sc1-c1nc(-c2ccc(Br)cc2)no1. The molecule has 3 rings (SSSR count).